The van der Waals surface area contributed by atoms with Crippen LogP contribution in [0.25, 0.3) is 0 Å². The molecule has 1 unspecified atom stereocenters. The van der Waals surface area contributed by atoms with Crippen LogP contribution in [-0.2, 0) is 4.79 Å². The molecule has 0 saturated carbocycles. The van der Waals surface area contributed by atoms with Crippen molar-refractivity contribution in [3.05, 3.63) is 0 Å². The Hall–Kier alpha value is -0.950. The fourth-order valence-corrected chi connectivity index (χ4v) is 1.81. The third-order valence-electron chi connectivity index (χ3n) is 2.35. The van der Waals surface area contributed by atoms with Crippen molar-refractivity contribution in [1.29, 1.82) is 0 Å². The summed E-state index contributed by atoms with van der Waals surface area (Å²) in [7, 11) is 0. The van der Waals surface area contributed by atoms with Crippen LogP contribution in [0, 0.1) is 0 Å². The molecule has 18 heavy (non-hydrogen) atoms. The van der Waals surface area contributed by atoms with E-state index in [1.165, 1.54) is 6.42 Å². The molecule has 6 nitrogen and oxygen atoms in total. The predicted molar refractivity (Wildman–Crippen MR) is 71.9 cm³/mol. The number of nitrogens with one attached hydrogen (secondary N) is 2. The number of aliphatic hydroxyl groups excluding tert-OH is 1. The summed E-state index contributed by atoms with van der Waals surface area (Å²) < 4.78 is 0. The fourth-order valence-electron chi connectivity index (χ4n) is 1.32. The first kappa shape index (κ1) is 17.1. The zero-order chi connectivity index (χ0) is 13.8. The average molecular weight is 278 g/mol. The van der Waals surface area contributed by atoms with E-state index < -0.39 is 24.6 Å². The van der Waals surface area contributed by atoms with Gasteiger partial charge in [-0.05, 0) is 24.9 Å². The maximum Gasteiger partial charge on any atom is 0.328 e. The van der Waals surface area contributed by atoms with Crippen LogP contribution in [0.5, 0.6) is 0 Å². The molecule has 0 radical (unpaired) electrons. The lowest BCUT2D eigenvalue weighted by atomic mass is 10.2. The molecule has 4 N–H and O–H groups in total. The van der Waals surface area contributed by atoms with Crippen molar-refractivity contribution in [2.75, 3.05) is 25.2 Å². The van der Waals surface area contributed by atoms with Gasteiger partial charge < -0.3 is 20.8 Å². The molecule has 2 amide bonds. The minimum Gasteiger partial charge on any atom is -0.480 e. The Labute approximate surface area is 112 Å². The Balaban J connectivity index is 3.50. The van der Waals surface area contributed by atoms with Crippen molar-refractivity contribution < 1.29 is 19.8 Å². The standard InChI is InChI=1S/C11H22N2O4S/c1-18-7-5-3-2-4-6-12-11(17)13-9(8-14)10(15)16/h9,14H,2-8H2,1H3,(H,15,16)(H2,12,13,17). The van der Waals surface area contributed by atoms with Gasteiger partial charge in [0.25, 0.3) is 0 Å². The van der Waals surface area contributed by atoms with E-state index in [0.29, 0.717) is 6.54 Å². The van der Waals surface area contributed by atoms with E-state index in [1.54, 1.807) is 0 Å². The van der Waals surface area contributed by atoms with Gasteiger partial charge >= 0.3 is 12.0 Å². The Morgan fingerprint density at radius 3 is 2.44 bits per heavy atom. The van der Waals surface area contributed by atoms with Gasteiger partial charge in [-0.1, -0.05) is 12.8 Å². The molecular weight excluding hydrogens is 256 g/mol. The number of carboxylic acids is 1. The highest BCUT2D eigenvalue weighted by Gasteiger charge is 2.17. The molecule has 0 fully saturated rings. The van der Waals surface area contributed by atoms with Crippen LogP contribution in [0.1, 0.15) is 25.7 Å². The fraction of sp³-hybridized carbons (Fsp3) is 0.818. The van der Waals surface area contributed by atoms with Gasteiger partial charge in [-0.25, -0.2) is 9.59 Å². The molecular formula is C11H22N2O4S. The van der Waals surface area contributed by atoms with E-state index in [4.69, 9.17) is 10.2 Å². The summed E-state index contributed by atoms with van der Waals surface area (Å²) in [4.78, 5) is 21.8. The van der Waals surface area contributed by atoms with Gasteiger partial charge in [0, 0.05) is 6.54 Å². The van der Waals surface area contributed by atoms with E-state index in [2.05, 4.69) is 16.9 Å². The van der Waals surface area contributed by atoms with Crippen LogP contribution in [0.2, 0.25) is 0 Å². The number of hydrogen-bond donors (Lipinski definition) is 4. The molecule has 0 heterocycles. The molecule has 1 atom stereocenters. The monoisotopic (exact) mass is 278 g/mol. The summed E-state index contributed by atoms with van der Waals surface area (Å²) in [6.45, 7) is -0.0969. The zero-order valence-electron chi connectivity index (χ0n) is 10.6. The lowest BCUT2D eigenvalue weighted by Crippen LogP contribution is -2.48. The van der Waals surface area contributed by atoms with Gasteiger partial charge in [0.2, 0.25) is 0 Å². The van der Waals surface area contributed by atoms with Crippen molar-refractivity contribution in [2.24, 2.45) is 0 Å². The SMILES string of the molecule is CSCCCCCCNC(=O)NC(CO)C(=O)O. The molecule has 0 rings (SSSR count). The van der Waals surface area contributed by atoms with E-state index in [0.717, 1.165) is 25.0 Å². The smallest absolute Gasteiger partial charge is 0.328 e. The number of thioether (sulfide) groups is 1. The maximum absolute atomic E-state index is 11.3. The summed E-state index contributed by atoms with van der Waals surface area (Å²) >= 11 is 1.82. The highest BCUT2D eigenvalue weighted by atomic mass is 32.2. The molecule has 0 aliphatic rings. The normalized spacial score (nSPS) is 11.9. The number of hydrogen-bond acceptors (Lipinski definition) is 4. The number of carbonyl (C=O) groups is 2. The molecule has 7 heteroatoms. The summed E-state index contributed by atoms with van der Waals surface area (Å²) in [5, 5.41) is 22.1. The highest BCUT2D eigenvalue weighted by Crippen LogP contribution is 2.03. The number of urea groups is 1. The number of amides is 2. The summed E-state index contributed by atoms with van der Waals surface area (Å²) in [5.74, 6) is -0.0882. The number of aliphatic hydroxyl groups is 1. The topological polar surface area (TPSA) is 98.7 Å². The Bertz CT molecular complexity index is 251. The predicted octanol–water partition coefficient (Wildman–Crippen LogP) is 0.654. The summed E-state index contributed by atoms with van der Waals surface area (Å²) in [6.07, 6.45) is 6.31. The van der Waals surface area contributed by atoms with Crippen LogP contribution < -0.4 is 10.6 Å². The molecule has 0 aliphatic carbocycles. The highest BCUT2D eigenvalue weighted by molar-refractivity contribution is 7.98. The molecule has 0 aromatic carbocycles. The first-order valence-corrected chi connectivity index (χ1v) is 7.38. The third kappa shape index (κ3) is 9.12. The van der Waals surface area contributed by atoms with Crippen LogP contribution in [-0.4, -0.2) is 53.4 Å². The van der Waals surface area contributed by atoms with Crippen molar-refractivity contribution in [3.63, 3.8) is 0 Å². The van der Waals surface area contributed by atoms with E-state index in [1.807, 2.05) is 11.8 Å². The van der Waals surface area contributed by atoms with Crippen LogP contribution >= 0.6 is 11.8 Å². The first-order valence-electron chi connectivity index (χ1n) is 5.98. The second kappa shape index (κ2) is 11.2. The van der Waals surface area contributed by atoms with Crippen LogP contribution in [0.4, 0.5) is 4.79 Å². The van der Waals surface area contributed by atoms with Crippen molar-refractivity contribution in [3.8, 4) is 0 Å². The van der Waals surface area contributed by atoms with Gasteiger partial charge in [0.15, 0.2) is 6.04 Å². The first-order chi connectivity index (χ1) is 8.61. The number of unbranched alkanes of at least 4 members (excludes halogenated alkanes) is 3. The largest absolute Gasteiger partial charge is 0.480 e. The lowest BCUT2D eigenvalue weighted by molar-refractivity contribution is -0.140. The number of rotatable bonds is 10. The lowest BCUT2D eigenvalue weighted by Gasteiger charge is -2.12. The molecule has 0 bridgehead atoms. The minimum absolute atomic E-state index is 0.517. The van der Waals surface area contributed by atoms with E-state index in [9.17, 15) is 9.59 Å². The molecule has 106 valence electrons. The van der Waals surface area contributed by atoms with Gasteiger partial charge in [-0.2, -0.15) is 11.8 Å². The number of aliphatic carboxylic acids is 1. The Morgan fingerprint density at radius 1 is 1.22 bits per heavy atom. The number of carboxylic acid groups (broad SMARTS) is 1. The molecule has 0 saturated heterocycles. The summed E-state index contributed by atoms with van der Waals surface area (Å²) in [6, 6.07) is -1.80. The zero-order valence-corrected chi connectivity index (χ0v) is 11.5. The Morgan fingerprint density at radius 2 is 1.89 bits per heavy atom. The molecule has 0 aromatic heterocycles. The van der Waals surface area contributed by atoms with Gasteiger partial charge in [-0.15, -0.1) is 0 Å². The second-order valence-electron chi connectivity index (χ2n) is 3.88. The minimum atomic E-state index is -1.25. The van der Waals surface area contributed by atoms with Gasteiger partial charge in [0.05, 0.1) is 6.61 Å². The van der Waals surface area contributed by atoms with Crippen LogP contribution in [0.3, 0.4) is 0 Å². The van der Waals surface area contributed by atoms with Crippen molar-refractivity contribution >= 4 is 23.8 Å². The van der Waals surface area contributed by atoms with Crippen molar-refractivity contribution in [2.45, 2.75) is 31.7 Å². The Kier molecular flexibility index (Phi) is 10.6. The molecule has 0 aromatic rings. The third-order valence-corrected chi connectivity index (χ3v) is 3.04. The van der Waals surface area contributed by atoms with E-state index >= 15 is 0 Å². The van der Waals surface area contributed by atoms with Crippen molar-refractivity contribution in [1.82, 2.24) is 10.6 Å². The van der Waals surface area contributed by atoms with E-state index in [-0.39, 0.29) is 0 Å². The molecule has 0 spiro atoms. The maximum atomic E-state index is 11.3. The average Bonchev–Trinajstić information content (AvgIpc) is 2.34. The quantitative estimate of drug-likeness (QED) is 0.440. The van der Waals surface area contributed by atoms with Gasteiger partial charge in [-0.3, -0.25) is 0 Å². The second-order valence-corrected chi connectivity index (χ2v) is 4.87. The van der Waals surface area contributed by atoms with Crippen LogP contribution in [0.15, 0.2) is 0 Å². The molecule has 0 aliphatic heterocycles. The summed E-state index contributed by atoms with van der Waals surface area (Å²) in [5.41, 5.74) is 0. The number of carbonyl (C=O) groups excluding carboxylic acids is 1. The van der Waals surface area contributed by atoms with Gasteiger partial charge in [0.1, 0.15) is 0 Å².